The number of nitrogens with zero attached hydrogens (tertiary/aromatic N) is 4. The fourth-order valence-corrected chi connectivity index (χ4v) is 2.42. The number of anilines is 2. The van der Waals surface area contributed by atoms with E-state index in [0.29, 0.717) is 5.92 Å². The molecule has 0 saturated heterocycles. The molecule has 0 spiro atoms. The maximum Gasteiger partial charge on any atom is 0.137 e. The van der Waals surface area contributed by atoms with Crippen LogP contribution in [0, 0.1) is 5.92 Å². The van der Waals surface area contributed by atoms with Crippen molar-refractivity contribution < 1.29 is 0 Å². The van der Waals surface area contributed by atoms with Crippen LogP contribution in [0.4, 0.5) is 11.6 Å². The number of likely N-dealkylation sites (N-methyl/N-ethyl adjacent to an activating group) is 1. The van der Waals surface area contributed by atoms with E-state index < -0.39 is 0 Å². The van der Waals surface area contributed by atoms with Crippen LogP contribution in [0.15, 0.2) is 6.33 Å². The summed E-state index contributed by atoms with van der Waals surface area (Å²) in [4.78, 5) is 13.6. The molecule has 21 heavy (non-hydrogen) atoms. The second-order valence-corrected chi connectivity index (χ2v) is 6.17. The number of aromatic nitrogens is 2. The minimum atomic E-state index is 0.606. The van der Waals surface area contributed by atoms with Crippen LogP contribution < -0.4 is 10.2 Å². The molecule has 0 atom stereocenters. The second kappa shape index (κ2) is 8.82. The predicted octanol–water partition coefficient (Wildman–Crippen LogP) is 2.49. The maximum absolute atomic E-state index is 4.59. The Morgan fingerprint density at radius 1 is 1.19 bits per heavy atom. The second-order valence-electron chi connectivity index (χ2n) is 6.17. The van der Waals surface area contributed by atoms with Gasteiger partial charge in [-0.15, -0.1) is 0 Å². The average molecular weight is 293 g/mol. The van der Waals surface area contributed by atoms with E-state index in [1.807, 2.05) is 7.05 Å². The highest BCUT2D eigenvalue weighted by molar-refractivity contribution is 5.58. The summed E-state index contributed by atoms with van der Waals surface area (Å²) in [6, 6.07) is 0. The molecule has 0 aliphatic rings. The first-order chi connectivity index (χ1) is 9.99. The first-order valence-electron chi connectivity index (χ1n) is 7.90. The van der Waals surface area contributed by atoms with Crippen LogP contribution in [0.1, 0.15) is 32.8 Å². The van der Waals surface area contributed by atoms with Gasteiger partial charge in [0, 0.05) is 32.2 Å². The van der Waals surface area contributed by atoms with Gasteiger partial charge >= 0.3 is 0 Å². The third-order valence-corrected chi connectivity index (χ3v) is 3.36. The van der Waals surface area contributed by atoms with Gasteiger partial charge in [-0.3, -0.25) is 0 Å². The molecule has 0 fully saturated rings. The molecule has 0 aliphatic heterocycles. The Balaban J connectivity index is 3.09. The van der Waals surface area contributed by atoms with E-state index in [1.54, 1.807) is 6.33 Å². The lowest BCUT2D eigenvalue weighted by molar-refractivity contribution is 0.408. The van der Waals surface area contributed by atoms with Gasteiger partial charge in [0.05, 0.1) is 0 Å². The standard InChI is InChI=1S/C16H31N5/c1-7-8-14-15(17-4)18-12-19-16(14)21(11-13(2)3)10-9-20(5)6/h12-13H,7-11H2,1-6H3,(H,17,18,19). The third-order valence-electron chi connectivity index (χ3n) is 3.36. The maximum atomic E-state index is 4.59. The normalized spacial score (nSPS) is 11.2. The number of nitrogens with one attached hydrogen (secondary N) is 1. The molecule has 5 heteroatoms. The zero-order valence-corrected chi connectivity index (χ0v) is 14.5. The van der Waals surface area contributed by atoms with Crippen molar-refractivity contribution in [1.82, 2.24) is 14.9 Å². The van der Waals surface area contributed by atoms with Crippen molar-refractivity contribution in [3.63, 3.8) is 0 Å². The van der Waals surface area contributed by atoms with Crippen molar-refractivity contribution >= 4 is 11.6 Å². The third kappa shape index (κ3) is 5.50. The van der Waals surface area contributed by atoms with Gasteiger partial charge in [0.1, 0.15) is 18.0 Å². The quantitative estimate of drug-likeness (QED) is 0.758. The van der Waals surface area contributed by atoms with Crippen LogP contribution in [0.2, 0.25) is 0 Å². The molecule has 0 saturated carbocycles. The Morgan fingerprint density at radius 3 is 2.43 bits per heavy atom. The molecular weight excluding hydrogens is 262 g/mol. The van der Waals surface area contributed by atoms with Crippen molar-refractivity contribution in [1.29, 1.82) is 0 Å². The zero-order chi connectivity index (χ0) is 15.8. The van der Waals surface area contributed by atoms with Crippen LogP contribution in [-0.4, -0.2) is 55.6 Å². The molecule has 1 aromatic rings. The molecule has 1 N–H and O–H groups in total. The van der Waals surface area contributed by atoms with Gasteiger partial charge in [0.15, 0.2) is 0 Å². The minimum Gasteiger partial charge on any atom is -0.373 e. The van der Waals surface area contributed by atoms with Gasteiger partial charge in [0.25, 0.3) is 0 Å². The average Bonchev–Trinajstić information content (AvgIpc) is 2.43. The first-order valence-corrected chi connectivity index (χ1v) is 7.90. The molecule has 5 nitrogen and oxygen atoms in total. The Bertz CT molecular complexity index is 417. The van der Waals surface area contributed by atoms with Gasteiger partial charge in [-0.2, -0.15) is 0 Å². The largest absolute Gasteiger partial charge is 0.373 e. The summed E-state index contributed by atoms with van der Waals surface area (Å²) in [6.07, 6.45) is 3.77. The smallest absolute Gasteiger partial charge is 0.137 e. The SMILES string of the molecule is CCCc1c(NC)ncnc1N(CCN(C)C)CC(C)C. The molecule has 0 radical (unpaired) electrons. The lowest BCUT2D eigenvalue weighted by Crippen LogP contribution is -2.35. The monoisotopic (exact) mass is 293 g/mol. The van der Waals surface area contributed by atoms with E-state index in [1.165, 1.54) is 5.56 Å². The lowest BCUT2D eigenvalue weighted by Gasteiger charge is -2.29. The lowest BCUT2D eigenvalue weighted by atomic mass is 10.1. The van der Waals surface area contributed by atoms with Crippen LogP contribution in [0.5, 0.6) is 0 Å². The Labute approximate surface area is 129 Å². The highest BCUT2D eigenvalue weighted by Crippen LogP contribution is 2.25. The summed E-state index contributed by atoms with van der Waals surface area (Å²) in [5, 5.41) is 3.21. The predicted molar refractivity (Wildman–Crippen MR) is 91.2 cm³/mol. The van der Waals surface area contributed by atoms with Crippen LogP contribution in [0.25, 0.3) is 0 Å². The summed E-state index contributed by atoms with van der Waals surface area (Å²) in [5.74, 6) is 2.65. The summed E-state index contributed by atoms with van der Waals surface area (Å²) < 4.78 is 0. The molecule has 0 amide bonds. The van der Waals surface area contributed by atoms with Gasteiger partial charge < -0.3 is 15.1 Å². The topological polar surface area (TPSA) is 44.3 Å². The summed E-state index contributed by atoms with van der Waals surface area (Å²) >= 11 is 0. The summed E-state index contributed by atoms with van der Waals surface area (Å²) in [7, 11) is 6.15. The molecule has 0 aromatic carbocycles. The molecule has 1 heterocycles. The van der Waals surface area contributed by atoms with Gasteiger partial charge in [0.2, 0.25) is 0 Å². The summed E-state index contributed by atoms with van der Waals surface area (Å²) in [5.41, 5.74) is 1.24. The van der Waals surface area contributed by atoms with Crippen molar-refractivity contribution in [3.05, 3.63) is 11.9 Å². The fourth-order valence-electron chi connectivity index (χ4n) is 2.42. The van der Waals surface area contributed by atoms with E-state index in [9.17, 15) is 0 Å². The molecule has 0 bridgehead atoms. The first kappa shape index (κ1) is 17.7. The fraction of sp³-hybridized carbons (Fsp3) is 0.750. The Kier molecular flexibility index (Phi) is 7.43. The highest BCUT2D eigenvalue weighted by Gasteiger charge is 2.17. The molecular formula is C16H31N5. The molecule has 1 rings (SSSR count). The number of hydrogen-bond donors (Lipinski definition) is 1. The molecule has 120 valence electrons. The van der Waals surface area contributed by atoms with Crippen molar-refractivity contribution in [3.8, 4) is 0 Å². The number of rotatable bonds is 9. The van der Waals surface area contributed by atoms with Crippen molar-refractivity contribution in [2.24, 2.45) is 5.92 Å². The van der Waals surface area contributed by atoms with Crippen LogP contribution in [0.3, 0.4) is 0 Å². The van der Waals surface area contributed by atoms with E-state index >= 15 is 0 Å². The molecule has 0 unspecified atom stereocenters. The van der Waals surface area contributed by atoms with Gasteiger partial charge in [-0.05, 0) is 26.4 Å². The van der Waals surface area contributed by atoms with Crippen molar-refractivity contribution in [2.45, 2.75) is 33.6 Å². The van der Waals surface area contributed by atoms with E-state index in [-0.39, 0.29) is 0 Å². The number of hydrogen-bond acceptors (Lipinski definition) is 5. The zero-order valence-electron chi connectivity index (χ0n) is 14.5. The van der Waals surface area contributed by atoms with Crippen molar-refractivity contribution in [2.75, 3.05) is 51.0 Å². The molecule has 0 aliphatic carbocycles. The van der Waals surface area contributed by atoms with E-state index in [0.717, 1.165) is 44.1 Å². The van der Waals surface area contributed by atoms with Crippen LogP contribution in [-0.2, 0) is 6.42 Å². The summed E-state index contributed by atoms with van der Waals surface area (Å²) in [6.45, 7) is 9.73. The van der Waals surface area contributed by atoms with Gasteiger partial charge in [-0.1, -0.05) is 27.2 Å². The Hall–Kier alpha value is -1.36. The van der Waals surface area contributed by atoms with Gasteiger partial charge in [-0.25, -0.2) is 9.97 Å². The van der Waals surface area contributed by atoms with E-state index in [2.05, 4.69) is 60.0 Å². The highest BCUT2D eigenvalue weighted by atomic mass is 15.2. The van der Waals surface area contributed by atoms with Crippen LogP contribution >= 0.6 is 0 Å². The minimum absolute atomic E-state index is 0.606. The molecule has 1 aromatic heterocycles. The Morgan fingerprint density at radius 2 is 1.90 bits per heavy atom. The van der Waals surface area contributed by atoms with E-state index in [4.69, 9.17) is 0 Å².